The first-order valence-electron chi connectivity index (χ1n) is 7.68. The molecule has 0 bridgehead atoms. The van der Waals surface area contributed by atoms with Crippen LogP contribution in [-0.2, 0) is 17.0 Å². The van der Waals surface area contributed by atoms with Crippen LogP contribution in [0, 0.1) is 6.92 Å². The van der Waals surface area contributed by atoms with Gasteiger partial charge >= 0.3 is 0 Å². The lowest BCUT2D eigenvalue weighted by molar-refractivity contribution is -0.116. The van der Waals surface area contributed by atoms with E-state index in [0.717, 1.165) is 17.9 Å². The Hall–Kier alpha value is -1.74. The third-order valence-electron chi connectivity index (χ3n) is 4.09. The zero-order valence-corrected chi connectivity index (χ0v) is 13.9. The smallest absolute Gasteiger partial charge is 0.237 e. The topological polar surface area (TPSA) is 20.3 Å². The van der Waals surface area contributed by atoms with Gasteiger partial charge in [0.15, 0.2) is 0 Å². The molecule has 3 heteroatoms. The molecule has 1 atom stereocenters. The Kier molecular flexibility index (Phi) is 4.53. The molecule has 1 unspecified atom stereocenters. The van der Waals surface area contributed by atoms with Crippen molar-refractivity contribution in [1.29, 1.82) is 0 Å². The minimum absolute atomic E-state index is 0.217. The van der Waals surface area contributed by atoms with Gasteiger partial charge in [0.05, 0.1) is 5.75 Å². The fourth-order valence-electron chi connectivity index (χ4n) is 2.96. The van der Waals surface area contributed by atoms with Crippen molar-refractivity contribution in [2.75, 3.05) is 10.7 Å². The van der Waals surface area contributed by atoms with E-state index in [1.165, 1.54) is 16.7 Å². The molecule has 1 aliphatic heterocycles. The molecule has 114 valence electrons. The second-order valence-corrected chi connectivity index (χ2v) is 6.91. The summed E-state index contributed by atoms with van der Waals surface area (Å²) in [6.07, 6.45) is 0.963. The van der Waals surface area contributed by atoms with Crippen LogP contribution in [0.1, 0.15) is 23.6 Å². The van der Waals surface area contributed by atoms with Crippen molar-refractivity contribution < 1.29 is 4.79 Å². The Bertz CT molecular complexity index is 665. The zero-order chi connectivity index (χ0) is 15.5. The molecule has 0 aliphatic carbocycles. The number of carbonyl (C=O) groups is 1. The average Bonchev–Trinajstić information content (AvgIpc) is 2.85. The van der Waals surface area contributed by atoms with Crippen LogP contribution in [0.15, 0.2) is 48.5 Å². The Labute approximate surface area is 136 Å². The van der Waals surface area contributed by atoms with Gasteiger partial charge < -0.3 is 4.90 Å². The minimum atomic E-state index is 0.217. The Morgan fingerprint density at radius 3 is 2.68 bits per heavy atom. The number of anilines is 1. The molecule has 0 saturated carbocycles. The molecule has 2 aromatic rings. The van der Waals surface area contributed by atoms with Gasteiger partial charge in [-0.3, -0.25) is 4.79 Å². The minimum Gasteiger partial charge on any atom is -0.308 e. The van der Waals surface area contributed by atoms with E-state index in [1.807, 2.05) is 17.0 Å². The van der Waals surface area contributed by atoms with Crippen LogP contribution in [0.2, 0.25) is 0 Å². The summed E-state index contributed by atoms with van der Waals surface area (Å²) in [5.74, 6) is 1.64. The fraction of sp³-hybridized carbons (Fsp3) is 0.316. The number of hydrogen-bond acceptors (Lipinski definition) is 2. The number of benzene rings is 2. The highest BCUT2D eigenvalue weighted by Gasteiger charge is 2.29. The van der Waals surface area contributed by atoms with Crippen molar-refractivity contribution in [2.24, 2.45) is 0 Å². The molecule has 2 nitrogen and oxygen atoms in total. The molecule has 0 spiro atoms. The third-order valence-corrected chi connectivity index (χ3v) is 5.08. The first-order chi connectivity index (χ1) is 10.6. The number of carbonyl (C=O) groups excluding carboxylic acids is 1. The molecule has 2 aromatic carbocycles. The van der Waals surface area contributed by atoms with Crippen molar-refractivity contribution in [2.45, 2.75) is 32.1 Å². The van der Waals surface area contributed by atoms with E-state index in [4.69, 9.17) is 0 Å². The Balaban J connectivity index is 1.59. The second kappa shape index (κ2) is 6.57. The first-order valence-corrected chi connectivity index (χ1v) is 8.84. The van der Waals surface area contributed by atoms with Crippen molar-refractivity contribution in [3.05, 3.63) is 65.2 Å². The third kappa shape index (κ3) is 3.20. The average molecular weight is 311 g/mol. The number of para-hydroxylation sites is 1. The van der Waals surface area contributed by atoms with E-state index in [-0.39, 0.29) is 11.9 Å². The van der Waals surface area contributed by atoms with E-state index in [1.54, 1.807) is 11.8 Å². The lowest BCUT2D eigenvalue weighted by atomic mass is 10.1. The van der Waals surface area contributed by atoms with E-state index in [9.17, 15) is 4.79 Å². The highest BCUT2D eigenvalue weighted by Crippen LogP contribution is 2.32. The maximum absolute atomic E-state index is 12.6. The Morgan fingerprint density at radius 2 is 1.91 bits per heavy atom. The largest absolute Gasteiger partial charge is 0.308 e. The van der Waals surface area contributed by atoms with Gasteiger partial charge in [0.2, 0.25) is 5.91 Å². The number of fused-ring (bicyclic) bond motifs is 1. The van der Waals surface area contributed by atoms with Gasteiger partial charge in [0.1, 0.15) is 0 Å². The highest BCUT2D eigenvalue weighted by atomic mass is 32.2. The first kappa shape index (κ1) is 15.2. The van der Waals surface area contributed by atoms with Gasteiger partial charge in [-0.25, -0.2) is 0 Å². The monoisotopic (exact) mass is 311 g/mol. The van der Waals surface area contributed by atoms with Crippen LogP contribution in [0.4, 0.5) is 5.69 Å². The van der Waals surface area contributed by atoms with Gasteiger partial charge in [0.25, 0.3) is 0 Å². The van der Waals surface area contributed by atoms with Crippen LogP contribution in [0.5, 0.6) is 0 Å². The van der Waals surface area contributed by atoms with Crippen LogP contribution in [-0.4, -0.2) is 17.7 Å². The lowest BCUT2D eigenvalue weighted by Gasteiger charge is -2.22. The van der Waals surface area contributed by atoms with Crippen LogP contribution < -0.4 is 4.90 Å². The van der Waals surface area contributed by atoms with Gasteiger partial charge in [-0.1, -0.05) is 48.0 Å². The number of thioether (sulfide) groups is 1. The van der Waals surface area contributed by atoms with Crippen LogP contribution in [0.3, 0.4) is 0 Å². The molecule has 1 heterocycles. The van der Waals surface area contributed by atoms with E-state index in [2.05, 4.69) is 50.2 Å². The molecule has 1 amide bonds. The number of aryl methyl sites for hydroxylation is 1. The van der Waals surface area contributed by atoms with Crippen molar-refractivity contribution in [3.63, 3.8) is 0 Å². The van der Waals surface area contributed by atoms with Crippen LogP contribution >= 0.6 is 11.8 Å². The molecule has 0 fully saturated rings. The molecule has 1 aliphatic rings. The predicted molar refractivity (Wildman–Crippen MR) is 94.4 cm³/mol. The quantitative estimate of drug-likeness (QED) is 0.843. The van der Waals surface area contributed by atoms with Gasteiger partial charge in [0, 0.05) is 17.5 Å². The number of amides is 1. The summed E-state index contributed by atoms with van der Waals surface area (Å²) in [7, 11) is 0. The summed E-state index contributed by atoms with van der Waals surface area (Å²) in [5, 5.41) is 0. The van der Waals surface area contributed by atoms with Crippen molar-refractivity contribution in [3.8, 4) is 0 Å². The number of hydrogen-bond donors (Lipinski definition) is 0. The van der Waals surface area contributed by atoms with Gasteiger partial charge in [-0.15, -0.1) is 11.8 Å². The van der Waals surface area contributed by atoms with Gasteiger partial charge in [-0.05, 0) is 37.5 Å². The summed E-state index contributed by atoms with van der Waals surface area (Å²) >= 11 is 1.69. The maximum atomic E-state index is 12.6. The molecule has 0 saturated heterocycles. The second-order valence-electron chi connectivity index (χ2n) is 5.92. The standard InChI is InChI=1S/C19H21NOS/c1-14-7-9-16(10-8-14)12-22-13-19(21)20-15(2)11-17-5-3-4-6-18(17)20/h3-10,15H,11-13H2,1-2H3. The summed E-state index contributed by atoms with van der Waals surface area (Å²) < 4.78 is 0. The molecular weight excluding hydrogens is 290 g/mol. The van der Waals surface area contributed by atoms with E-state index in [0.29, 0.717) is 5.75 Å². The predicted octanol–water partition coefficient (Wildman–Crippen LogP) is 4.21. The number of rotatable bonds is 4. The maximum Gasteiger partial charge on any atom is 0.237 e. The normalized spacial score (nSPS) is 16.6. The SMILES string of the molecule is Cc1ccc(CSCC(=O)N2c3ccccc3CC2C)cc1. The summed E-state index contributed by atoms with van der Waals surface area (Å²) in [6.45, 7) is 4.22. The van der Waals surface area contributed by atoms with E-state index < -0.39 is 0 Å². The van der Waals surface area contributed by atoms with Crippen molar-refractivity contribution >= 4 is 23.4 Å². The summed E-state index contributed by atoms with van der Waals surface area (Å²) in [4.78, 5) is 14.5. The number of nitrogens with zero attached hydrogens (tertiary/aromatic N) is 1. The molecule has 0 radical (unpaired) electrons. The summed E-state index contributed by atoms with van der Waals surface area (Å²) in [5.41, 5.74) is 4.92. The highest BCUT2D eigenvalue weighted by molar-refractivity contribution is 7.99. The molecule has 0 aromatic heterocycles. The van der Waals surface area contributed by atoms with E-state index >= 15 is 0 Å². The summed E-state index contributed by atoms with van der Waals surface area (Å²) in [6, 6.07) is 17.0. The molecular formula is C19H21NOS. The zero-order valence-electron chi connectivity index (χ0n) is 13.1. The van der Waals surface area contributed by atoms with Crippen molar-refractivity contribution in [1.82, 2.24) is 0 Å². The molecule has 0 N–H and O–H groups in total. The molecule has 3 rings (SSSR count). The Morgan fingerprint density at radius 1 is 1.18 bits per heavy atom. The lowest BCUT2D eigenvalue weighted by Crippen LogP contribution is -2.37. The molecule has 22 heavy (non-hydrogen) atoms. The van der Waals surface area contributed by atoms with Crippen LogP contribution in [0.25, 0.3) is 0 Å². The fourth-order valence-corrected chi connectivity index (χ4v) is 3.80. The van der Waals surface area contributed by atoms with Gasteiger partial charge in [-0.2, -0.15) is 0 Å².